The molecule has 0 aliphatic heterocycles. The summed E-state index contributed by atoms with van der Waals surface area (Å²) in [6.07, 6.45) is 2.54. The second kappa shape index (κ2) is 3.90. The highest BCUT2D eigenvalue weighted by Crippen LogP contribution is 2.38. The van der Waals surface area contributed by atoms with Gasteiger partial charge in [0.05, 0.1) is 10.2 Å². The van der Waals surface area contributed by atoms with Gasteiger partial charge in [-0.3, -0.25) is 0 Å². The van der Waals surface area contributed by atoms with Crippen LogP contribution in [0.5, 0.6) is 0 Å². The van der Waals surface area contributed by atoms with Gasteiger partial charge in [-0.2, -0.15) is 0 Å². The van der Waals surface area contributed by atoms with Crippen molar-refractivity contribution >= 4 is 38.3 Å². The molecule has 1 aliphatic rings. The Morgan fingerprint density at radius 2 is 2.44 bits per heavy atom. The zero-order valence-electron chi connectivity index (χ0n) is 9.03. The molecule has 1 aromatic carbocycles. The zero-order valence-corrected chi connectivity index (χ0v) is 10.6. The summed E-state index contributed by atoms with van der Waals surface area (Å²) >= 11 is 7.64. The van der Waals surface area contributed by atoms with E-state index in [1.54, 1.807) is 11.3 Å². The van der Waals surface area contributed by atoms with Gasteiger partial charge < -0.3 is 5.32 Å². The van der Waals surface area contributed by atoms with Crippen LogP contribution in [0.25, 0.3) is 10.2 Å². The van der Waals surface area contributed by atoms with E-state index in [1.165, 1.54) is 17.5 Å². The van der Waals surface area contributed by atoms with E-state index >= 15 is 0 Å². The van der Waals surface area contributed by atoms with E-state index in [1.807, 2.05) is 18.2 Å². The van der Waals surface area contributed by atoms with Crippen LogP contribution in [0.3, 0.4) is 0 Å². The second-order valence-electron chi connectivity index (χ2n) is 4.29. The summed E-state index contributed by atoms with van der Waals surface area (Å²) in [5.41, 5.74) is 0.994. The van der Waals surface area contributed by atoms with Crippen LogP contribution in [-0.4, -0.2) is 11.0 Å². The van der Waals surface area contributed by atoms with Gasteiger partial charge in [0, 0.05) is 11.1 Å². The predicted molar refractivity (Wildman–Crippen MR) is 70.4 cm³/mol. The number of aromatic nitrogens is 1. The molecule has 4 heteroatoms. The molecule has 1 heterocycles. The lowest BCUT2D eigenvalue weighted by atomic mass is 10.3. The molecule has 0 spiro atoms. The van der Waals surface area contributed by atoms with Crippen molar-refractivity contribution in [2.24, 2.45) is 5.92 Å². The van der Waals surface area contributed by atoms with Crippen LogP contribution < -0.4 is 5.32 Å². The first-order valence-corrected chi connectivity index (χ1v) is 6.78. The van der Waals surface area contributed by atoms with Gasteiger partial charge in [0.25, 0.3) is 0 Å². The van der Waals surface area contributed by atoms with Gasteiger partial charge >= 0.3 is 0 Å². The van der Waals surface area contributed by atoms with Crippen LogP contribution in [0, 0.1) is 5.92 Å². The van der Waals surface area contributed by atoms with Crippen LogP contribution in [0.2, 0.25) is 5.02 Å². The summed E-state index contributed by atoms with van der Waals surface area (Å²) < 4.78 is 1.19. The third-order valence-electron chi connectivity index (χ3n) is 3.11. The SMILES string of the molecule is CCC1CC1Nc1nc2cc(Cl)ccc2s1. The second-order valence-corrected chi connectivity index (χ2v) is 5.75. The van der Waals surface area contributed by atoms with Gasteiger partial charge in [0.1, 0.15) is 0 Å². The summed E-state index contributed by atoms with van der Waals surface area (Å²) in [6.45, 7) is 2.24. The van der Waals surface area contributed by atoms with Crippen LogP contribution in [0.15, 0.2) is 18.2 Å². The van der Waals surface area contributed by atoms with E-state index < -0.39 is 0 Å². The topological polar surface area (TPSA) is 24.9 Å². The van der Waals surface area contributed by atoms with E-state index in [2.05, 4.69) is 17.2 Å². The molecule has 84 valence electrons. The molecule has 1 saturated carbocycles. The van der Waals surface area contributed by atoms with E-state index in [0.29, 0.717) is 6.04 Å². The van der Waals surface area contributed by atoms with Crippen LogP contribution in [0.4, 0.5) is 5.13 Å². The number of benzene rings is 1. The first-order valence-electron chi connectivity index (χ1n) is 5.59. The fraction of sp³-hybridized carbons (Fsp3) is 0.417. The number of fused-ring (bicyclic) bond motifs is 1. The van der Waals surface area contributed by atoms with Crippen LogP contribution in [0.1, 0.15) is 19.8 Å². The smallest absolute Gasteiger partial charge is 0.184 e. The lowest BCUT2D eigenvalue weighted by Crippen LogP contribution is -2.03. The summed E-state index contributed by atoms with van der Waals surface area (Å²) in [5, 5.41) is 5.27. The third kappa shape index (κ3) is 1.89. The van der Waals surface area contributed by atoms with Crippen molar-refractivity contribution in [1.82, 2.24) is 4.98 Å². The number of nitrogens with one attached hydrogen (secondary N) is 1. The summed E-state index contributed by atoms with van der Waals surface area (Å²) in [6, 6.07) is 6.51. The lowest BCUT2D eigenvalue weighted by molar-refractivity contribution is 0.774. The average Bonchev–Trinajstić information content (AvgIpc) is 2.88. The maximum absolute atomic E-state index is 5.94. The van der Waals surface area contributed by atoms with Crippen molar-refractivity contribution in [1.29, 1.82) is 0 Å². The number of nitrogens with zero attached hydrogens (tertiary/aromatic N) is 1. The Hall–Kier alpha value is -0.800. The first kappa shape index (κ1) is 10.4. The Bertz CT molecular complexity index is 523. The molecule has 16 heavy (non-hydrogen) atoms. The van der Waals surface area contributed by atoms with E-state index in [9.17, 15) is 0 Å². The van der Waals surface area contributed by atoms with Gasteiger partial charge in [-0.05, 0) is 30.5 Å². The minimum atomic E-state index is 0.640. The van der Waals surface area contributed by atoms with Gasteiger partial charge in [-0.25, -0.2) is 4.98 Å². The zero-order chi connectivity index (χ0) is 11.1. The molecule has 2 atom stereocenters. The van der Waals surface area contributed by atoms with Crippen molar-refractivity contribution in [3.8, 4) is 0 Å². The quantitative estimate of drug-likeness (QED) is 0.887. The van der Waals surface area contributed by atoms with Crippen molar-refractivity contribution in [3.63, 3.8) is 0 Å². The molecule has 1 aliphatic carbocycles. The maximum atomic E-state index is 5.94. The molecular weight excluding hydrogens is 240 g/mol. The van der Waals surface area contributed by atoms with Gasteiger partial charge in [-0.1, -0.05) is 36.3 Å². The van der Waals surface area contributed by atoms with Crippen LogP contribution in [-0.2, 0) is 0 Å². The number of halogens is 1. The number of hydrogen-bond acceptors (Lipinski definition) is 3. The minimum absolute atomic E-state index is 0.640. The summed E-state index contributed by atoms with van der Waals surface area (Å²) in [4.78, 5) is 4.55. The Labute approximate surface area is 104 Å². The van der Waals surface area contributed by atoms with Crippen molar-refractivity contribution in [3.05, 3.63) is 23.2 Å². The Morgan fingerprint density at radius 3 is 3.19 bits per heavy atom. The van der Waals surface area contributed by atoms with Crippen molar-refractivity contribution in [2.45, 2.75) is 25.8 Å². The number of rotatable bonds is 3. The normalized spacial score (nSPS) is 23.6. The Kier molecular flexibility index (Phi) is 2.52. The van der Waals surface area contributed by atoms with Crippen molar-refractivity contribution < 1.29 is 0 Å². The molecule has 2 unspecified atom stereocenters. The largest absolute Gasteiger partial charge is 0.358 e. The average molecular weight is 253 g/mol. The van der Waals surface area contributed by atoms with Crippen LogP contribution >= 0.6 is 22.9 Å². The molecular formula is C12H13ClN2S. The van der Waals surface area contributed by atoms with Gasteiger partial charge in [-0.15, -0.1) is 0 Å². The third-order valence-corrected chi connectivity index (χ3v) is 4.31. The highest BCUT2D eigenvalue weighted by atomic mass is 35.5. The van der Waals surface area contributed by atoms with Gasteiger partial charge in [0.2, 0.25) is 0 Å². The molecule has 0 radical (unpaired) electrons. The molecule has 0 amide bonds. The maximum Gasteiger partial charge on any atom is 0.184 e. The van der Waals surface area contributed by atoms with E-state index in [0.717, 1.165) is 21.6 Å². The van der Waals surface area contributed by atoms with E-state index in [-0.39, 0.29) is 0 Å². The lowest BCUT2D eigenvalue weighted by Gasteiger charge is -1.98. The molecule has 1 aromatic heterocycles. The Balaban J connectivity index is 1.83. The number of anilines is 1. The molecule has 1 fully saturated rings. The minimum Gasteiger partial charge on any atom is -0.358 e. The molecule has 1 N–H and O–H groups in total. The standard InChI is InChI=1S/C12H13ClN2S/c1-2-7-5-9(7)14-12-15-10-6-8(13)3-4-11(10)16-12/h3-4,6-7,9H,2,5H2,1H3,(H,14,15). The molecule has 0 bridgehead atoms. The highest BCUT2D eigenvalue weighted by molar-refractivity contribution is 7.22. The Morgan fingerprint density at radius 1 is 1.56 bits per heavy atom. The fourth-order valence-corrected chi connectivity index (χ4v) is 3.07. The molecule has 0 saturated heterocycles. The number of thiazole rings is 1. The fourth-order valence-electron chi connectivity index (χ4n) is 2.00. The molecule has 2 nitrogen and oxygen atoms in total. The van der Waals surface area contributed by atoms with E-state index in [4.69, 9.17) is 11.6 Å². The summed E-state index contributed by atoms with van der Waals surface area (Å²) in [5.74, 6) is 0.843. The monoisotopic (exact) mass is 252 g/mol. The molecule has 2 aromatic rings. The van der Waals surface area contributed by atoms with Crippen molar-refractivity contribution in [2.75, 3.05) is 5.32 Å². The number of hydrogen-bond donors (Lipinski definition) is 1. The molecule has 3 rings (SSSR count). The first-order chi connectivity index (χ1) is 7.76. The highest BCUT2D eigenvalue weighted by Gasteiger charge is 2.35. The predicted octanol–water partition coefficient (Wildman–Crippen LogP) is 4.16. The van der Waals surface area contributed by atoms with Gasteiger partial charge in [0.15, 0.2) is 5.13 Å². The summed E-state index contributed by atoms with van der Waals surface area (Å²) in [7, 11) is 0.